The fraction of sp³-hybridized carbons (Fsp3) is 0.333. The highest BCUT2D eigenvalue weighted by atomic mass is 79.9. The molecule has 0 fully saturated rings. The maximum absolute atomic E-state index is 10.1. The van der Waals surface area contributed by atoms with E-state index in [9.17, 15) is 20.4 Å². The van der Waals surface area contributed by atoms with Crippen LogP contribution in [0.4, 0.5) is 0 Å². The first-order chi connectivity index (χ1) is 12.6. The molecular weight excluding hydrogens is 616 g/mol. The minimum Gasteiger partial charge on any atom is -0.504 e. The fourth-order valence-electron chi connectivity index (χ4n) is 2.40. The van der Waals surface area contributed by atoms with Gasteiger partial charge in [-0.1, -0.05) is 6.92 Å². The van der Waals surface area contributed by atoms with Crippen LogP contribution in [0.2, 0.25) is 0 Å². The van der Waals surface area contributed by atoms with Crippen molar-refractivity contribution in [1.82, 2.24) is 0 Å². The molecule has 0 saturated carbocycles. The lowest BCUT2D eigenvalue weighted by atomic mass is 9.98. The number of benzene rings is 2. The third-order valence-corrected chi connectivity index (χ3v) is 8.12. The number of ether oxygens (including phenoxy) is 1. The molecule has 9 heteroatoms. The minimum atomic E-state index is -0.295. The van der Waals surface area contributed by atoms with Crippen LogP contribution in [0.1, 0.15) is 37.0 Å². The molecule has 1 atom stereocenters. The molecule has 0 aliphatic carbocycles. The highest BCUT2D eigenvalue weighted by molar-refractivity contribution is 9.13. The van der Waals surface area contributed by atoms with Crippen molar-refractivity contribution in [1.29, 1.82) is 0 Å². The van der Waals surface area contributed by atoms with Gasteiger partial charge >= 0.3 is 0 Å². The second-order valence-electron chi connectivity index (χ2n) is 6.02. The fourth-order valence-corrected chi connectivity index (χ4v) is 4.75. The lowest BCUT2D eigenvalue weighted by Crippen LogP contribution is -2.08. The molecule has 27 heavy (non-hydrogen) atoms. The largest absolute Gasteiger partial charge is 0.504 e. The molecule has 0 aliphatic heterocycles. The van der Waals surface area contributed by atoms with E-state index in [0.29, 0.717) is 34.6 Å². The molecule has 148 valence electrons. The summed E-state index contributed by atoms with van der Waals surface area (Å²) >= 11 is 13.3. The van der Waals surface area contributed by atoms with Gasteiger partial charge in [0.2, 0.25) is 0 Å². The van der Waals surface area contributed by atoms with Gasteiger partial charge < -0.3 is 25.2 Å². The average Bonchev–Trinajstić information content (AvgIpc) is 2.65. The molecule has 0 saturated heterocycles. The molecule has 5 nitrogen and oxygen atoms in total. The lowest BCUT2D eigenvalue weighted by Gasteiger charge is -2.19. The number of rotatable bonds is 6. The molecule has 2 aromatic carbocycles. The SMILES string of the molecule is CCC(C)OCc1cc(O)c(O)c(Br)c1Cc1c(Br)c(O)c(O)c(Br)c1Br. The second-order valence-corrected chi connectivity index (χ2v) is 9.19. The van der Waals surface area contributed by atoms with Crippen LogP contribution in [-0.4, -0.2) is 26.5 Å². The zero-order chi connectivity index (χ0) is 20.5. The van der Waals surface area contributed by atoms with E-state index in [4.69, 9.17) is 4.74 Å². The van der Waals surface area contributed by atoms with Gasteiger partial charge in [0.15, 0.2) is 23.0 Å². The van der Waals surface area contributed by atoms with Crippen molar-refractivity contribution in [3.8, 4) is 23.0 Å². The Morgan fingerprint density at radius 1 is 0.852 bits per heavy atom. The number of halogens is 4. The molecule has 1 unspecified atom stereocenters. The Bertz CT molecular complexity index is 841. The smallest absolute Gasteiger partial charge is 0.174 e. The van der Waals surface area contributed by atoms with Gasteiger partial charge in [0, 0.05) is 10.9 Å². The van der Waals surface area contributed by atoms with E-state index in [1.165, 1.54) is 6.07 Å². The Morgan fingerprint density at radius 2 is 1.41 bits per heavy atom. The van der Waals surface area contributed by atoms with E-state index in [2.05, 4.69) is 63.7 Å². The third kappa shape index (κ3) is 4.75. The van der Waals surface area contributed by atoms with Gasteiger partial charge in [0.1, 0.15) is 0 Å². The molecule has 0 aromatic heterocycles. The average molecular weight is 634 g/mol. The zero-order valence-corrected chi connectivity index (χ0v) is 20.8. The first-order valence-electron chi connectivity index (χ1n) is 8.01. The summed E-state index contributed by atoms with van der Waals surface area (Å²) in [4.78, 5) is 0. The predicted molar refractivity (Wildman–Crippen MR) is 118 cm³/mol. The summed E-state index contributed by atoms with van der Waals surface area (Å²) < 4.78 is 7.33. The van der Waals surface area contributed by atoms with Gasteiger partial charge in [0.25, 0.3) is 0 Å². The van der Waals surface area contributed by atoms with E-state index in [1.807, 2.05) is 13.8 Å². The highest BCUT2D eigenvalue weighted by Gasteiger charge is 2.23. The van der Waals surface area contributed by atoms with E-state index in [-0.39, 0.29) is 42.1 Å². The number of phenolic OH excluding ortho intramolecular Hbond substituents is 4. The lowest BCUT2D eigenvalue weighted by molar-refractivity contribution is 0.0503. The van der Waals surface area contributed by atoms with Gasteiger partial charge in [-0.05, 0) is 99.8 Å². The molecule has 0 aliphatic rings. The van der Waals surface area contributed by atoms with Crippen molar-refractivity contribution in [2.75, 3.05) is 0 Å². The maximum Gasteiger partial charge on any atom is 0.174 e. The molecule has 2 aromatic rings. The summed E-state index contributed by atoms with van der Waals surface area (Å²) in [5, 5.41) is 40.2. The molecule has 0 spiro atoms. The predicted octanol–water partition coefficient (Wildman–Crippen LogP) is 6.46. The number of phenols is 4. The Hall–Kier alpha value is -0.480. The van der Waals surface area contributed by atoms with Gasteiger partial charge in [-0.25, -0.2) is 0 Å². The van der Waals surface area contributed by atoms with Crippen LogP contribution in [0.3, 0.4) is 0 Å². The van der Waals surface area contributed by atoms with Crippen LogP contribution in [0, 0.1) is 0 Å². The Kier molecular flexibility index (Phi) is 7.89. The summed E-state index contributed by atoms with van der Waals surface area (Å²) in [6, 6.07) is 1.47. The van der Waals surface area contributed by atoms with Crippen molar-refractivity contribution >= 4 is 63.7 Å². The molecule has 4 N–H and O–H groups in total. The molecule has 0 radical (unpaired) electrons. The van der Waals surface area contributed by atoms with E-state index in [1.54, 1.807) is 0 Å². The molecular formula is C18H18Br4O5. The standard InChI is InChI=1S/C18H18Br4O5/c1-3-7(2)27-6-8-4-11(23)16(24)13(20)9(8)5-10-12(19)15(22)18(26)17(25)14(10)21/h4,7,23-26H,3,5-6H2,1-2H3. The zero-order valence-electron chi connectivity index (χ0n) is 14.5. The van der Waals surface area contributed by atoms with Crippen molar-refractivity contribution in [3.63, 3.8) is 0 Å². The first-order valence-corrected chi connectivity index (χ1v) is 11.2. The molecule has 0 heterocycles. The van der Waals surface area contributed by atoms with Gasteiger partial charge in [-0.3, -0.25) is 0 Å². The van der Waals surface area contributed by atoms with Crippen molar-refractivity contribution in [2.24, 2.45) is 0 Å². The monoisotopic (exact) mass is 630 g/mol. The molecule has 0 bridgehead atoms. The summed E-state index contributed by atoms with van der Waals surface area (Å²) in [7, 11) is 0. The molecule has 2 rings (SSSR count). The minimum absolute atomic E-state index is 0.0397. The van der Waals surface area contributed by atoms with E-state index in [0.717, 1.165) is 6.42 Å². The van der Waals surface area contributed by atoms with Gasteiger partial charge in [-0.15, -0.1) is 0 Å². The van der Waals surface area contributed by atoms with Crippen molar-refractivity contribution < 1.29 is 25.2 Å². The topological polar surface area (TPSA) is 90.2 Å². The second kappa shape index (κ2) is 9.35. The van der Waals surface area contributed by atoms with Crippen LogP contribution >= 0.6 is 63.7 Å². The maximum atomic E-state index is 10.1. The summed E-state index contributed by atoms with van der Waals surface area (Å²) in [5.74, 6) is -1.10. The number of aromatic hydroxyl groups is 4. The molecule has 0 amide bonds. The van der Waals surface area contributed by atoms with E-state index >= 15 is 0 Å². The van der Waals surface area contributed by atoms with E-state index < -0.39 is 0 Å². The van der Waals surface area contributed by atoms with Crippen molar-refractivity contribution in [2.45, 2.75) is 39.4 Å². The number of hydrogen-bond acceptors (Lipinski definition) is 5. The van der Waals surface area contributed by atoms with Crippen LogP contribution < -0.4 is 0 Å². The quantitative estimate of drug-likeness (QED) is 0.217. The summed E-state index contributed by atoms with van der Waals surface area (Å²) in [6.07, 6.45) is 1.16. The van der Waals surface area contributed by atoms with Crippen LogP contribution in [0.5, 0.6) is 23.0 Å². The highest BCUT2D eigenvalue weighted by Crippen LogP contribution is 2.49. The Labute approximate surface area is 190 Å². The van der Waals surface area contributed by atoms with Crippen LogP contribution in [0.25, 0.3) is 0 Å². The third-order valence-electron chi connectivity index (χ3n) is 4.23. The van der Waals surface area contributed by atoms with Crippen LogP contribution in [0.15, 0.2) is 24.0 Å². The first kappa shape index (κ1) is 22.8. The van der Waals surface area contributed by atoms with Gasteiger partial charge in [0.05, 0.1) is 26.1 Å². The normalized spacial score (nSPS) is 12.4. The Morgan fingerprint density at radius 3 is 2.00 bits per heavy atom. The summed E-state index contributed by atoms with van der Waals surface area (Å²) in [5.41, 5.74) is 2.03. The van der Waals surface area contributed by atoms with Crippen molar-refractivity contribution in [3.05, 3.63) is 40.6 Å². The number of hydrogen-bond donors (Lipinski definition) is 4. The summed E-state index contributed by atoms with van der Waals surface area (Å²) in [6.45, 7) is 4.22. The Balaban J connectivity index is 2.57. The van der Waals surface area contributed by atoms with Crippen LogP contribution in [-0.2, 0) is 17.8 Å². The van der Waals surface area contributed by atoms with Gasteiger partial charge in [-0.2, -0.15) is 0 Å².